The molecule has 2 heterocycles. The highest BCUT2D eigenvalue weighted by molar-refractivity contribution is 7.19. The van der Waals surface area contributed by atoms with Gasteiger partial charge in [-0.05, 0) is 17.7 Å². The molecule has 26 heavy (non-hydrogen) atoms. The number of amides is 1. The molecular formula is C19H13N5OS. The van der Waals surface area contributed by atoms with Gasteiger partial charge in [-0.25, -0.2) is 9.97 Å². The van der Waals surface area contributed by atoms with Crippen LogP contribution in [-0.2, 0) is 4.79 Å². The molecule has 0 saturated carbocycles. The topological polar surface area (TPSA) is 94.5 Å². The van der Waals surface area contributed by atoms with Crippen molar-refractivity contribution in [2.75, 3.05) is 5.32 Å². The summed E-state index contributed by atoms with van der Waals surface area (Å²) in [5, 5.41) is 12.6. The fourth-order valence-corrected chi connectivity index (χ4v) is 3.42. The minimum Gasteiger partial charge on any atom is -0.340 e. The number of hydrogen-bond acceptors (Lipinski definition) is 5. The number of imidazole rings is 1. The van der Waals surface area contributed by atoms with Crippen molar-refractivity contribution in [3.05, 3.63) is 66.6 Å². The van der Waals surface area contributed by atoms with Crippen molar-refractivity contribution in [3.8, 4) is 16.5 Å². The van der Waals surface area contributed by atoms with Crippen molar-refractivity contribution < 1.29 is 4.79 Å². The van der Waals surface area contributed by atoms with Gasteiger partial charge in [0.1, 0.15) is 5.82 Å². The van der Waals surface area contributed by atoms with Crippen LogP contribution in [0.5, 0.6) is 0 Å². The Balaban J connectivity index is 1.55. The zero-order valence-electron chi connectivity index (χ0n) is 13.5. The lowest BCUT2D eigenvalue weighted by molar-refractivity contribution is -0.116. The monoisotopic (exact) mass is 359 g/mol. The summed E-state index contributed by atoms with van der Waals surface area (Å²) in [4.78, 5) is 25.1. The first-order valence-electron chi connectivity index (χ1n) is 7.91. The third kappa shape index (κ3) is 3.06. The lowest BCUT2D eigenvalue weighted by Gasteiger charge is -2.05. The van der Waals surface area contributed by atoms with Gasteiger partial charge in [0, 0.05) is 6.20 Å². The Labute approximate surface area is 153 Å². The molecule has 0 saturated heterocycles. The minimum atomic E-state index is -1.04. The molecule has 6 nitrogen and oxygen atoms in total. The number of benzene rings is 2. The van der Waals surface area contributed by atoms with Gasteiger partial charge < -0.3 is 10.3 Å². The number of carbonyl (C=O) groups excluding carboxylic acids is 1. The summed E-state index contributed by atoms with van der Waals surface area (Å²) in [6, 6.07) is 19.2. The third-order valence-corrected chi connectivity index (χ3v) is 4.83. The predicted octanol–water partition coefficient (Wildman–Crippen LogP) is 3.93. The number of hydrogen-bond donors (Lipinski definition) is 2. The maximum atomic E-state index is 12.5. The van der Waals surface area contributed by atoms with E-state index in [2.05, 4.69) is 20.3 Å². The maximum absolute atomic E-state index is 12.5. The fraction of sp³-hybridized carbons (Fsp3) is 0.0526. The zero-order chi connectivity index (χ0) is 17.9. The van der Waals surface area contributed by atoms with E-state index >= 15 is 0 Å². The van der Waals surface area contributed by atoms with E-state index in [1.807, 2.05) is 60.7 Å². The van der Waals surface area contributed by atoms with E-state index in [4.69, 9.17) is 0 Å². The van der Waals surface area contributed by atoms with E-state index in [9.17, 15) is 10.1 Å². The second-order valence-corrected chi connectivity index (χ2v) is 6.62. The van der Waals surface area contributed by atoms with Crippen LogP contribution in [0.25, 0.3) is 21.5 Å². The van der Waals surface area contributed by atoms with Crippen molar-refractivity contribution in [3.63, 3.8) is 0 Å². The minimum absolute atomic E-state index is 0.325. The van der Waals surface area contributed by atoms with E-state index in [1.165, 1.54) is 11.3 Å². The van der Waals surface area contributed by atoms with Gasteiger partial charge in [0.05, 0.1) is 22.0 Å². The molecule has 0 aliphatic carbocycles. The highest BCUT2D eigenvalue weighted by Gasteiger charge is 2.24. The smallest absolute Gasteiger partial charge is 0.251 e. The summed E-state index contributed by atoms with van der Waals surface area (Å²) >= 11 is 1.36. The summed E-state index contributed by atoms with van der Waals surface area (Å²) in [6.07, 6.45) is 1.71. The molecule has 0 bridgehead atoms. The average Bonchev–Trinajstić information content (AvgIpc) is 3.30. The summed E-state index contributed by atoms with van der Waals surface area (Å²) in [7, 11) is 0. The Morgan fingerprint density at radius 3 is 2.69 bits per heavy atom. The molecule has 1 amide bonds. The van der Waals surface area contributed by atoms with Gasteiger partial charge in [-0.3, -0.25) is 4.79 Å². The molecule has 1 atom stereocenters. The Morgan fingerprint density at radius 1 is 1.15 bits per heavy atom. The Bertz CT molecular complexity index is 1080. The number of nitrogens with one attached hydrogen (secondary N) is 2. The first-order valence-corrected chi connectivity index (χ1v) is 8.72. The van der Waals surface area contributed by atoms with Gasteiger partial charge in [0.2, 0.25) is 0 Å². The lowest BCUT2D eigenvalue weighted by Crippen LogP contribution is -2.20. The SMILES string of the molecule is N#C[C@H](C(=O)Nc1ncc(-c2ccccc2)s1)c1nc2ccccc2[nH]1. The molecule has 4 rings (SSSR count). The maximum Gasteiger partial charge on any atom is 0.251 e. The number of nitrogens with zero attached hydrogens (tertiary/aromatic N) is 3. The van der Waals surface area contributed by atoms with Gasteiger partial charge in [-0.2, -0.15) is 5.26 Å². The number of carbonyl (C=O) groups is 1. The van der Waals surface area contributed by atoms with Crippen molar-refractivity contribution in [1.82, 2.24) is 15.0 Å². The second-order valence-electron chi connectivity index (χ2n) is 5.59. The van der Waals surface area contributed by atoms with Crippen LogP contribution < -0.4 is 5.32 Å². The molecule has 2 aromatic carbocycles. The highest BCUT2D eigenvalue weighted by Crippen LogP contribution is 2.29. The van der Waals surface area contributed by atoms with E-state index in [-0.39, 0.29) is 0 Å². The van der Waals surface area contributed by atoms with Gasteiger partial charge >= 0.3 is 0 Å². The number of fused-ring (bicyclic) bond motifs is 1. The quantitative estimate of drug-likeness (QED) is 0.577. The molecule has 7 heteroatoms. The van der Waals surface area contributed by atoms with Crippen LogP contribution in [0.2, 0.25) is 0 Å². The fourth-order valence-electron chi connectivity index (χ4n) is 2.60. The van der Waals surface area contributed by atoms with Crippen molar-refractivity contribution in [2.45, 2.75) is 5.92 Å². The number of H-pyrrole nitrogens is 1. The summed E-state index contributed by atoms with van der Waals surface area (Å²) in [6.45, 7) is 0. The molecule has 0 radical (unpaired) electrons. The van der Waals surface area contributed by atoms with Gasteiger partial charge in [-0.15, -0.1) is 0 Å². The number of aromatic amines is 1. The van der Waals surface area contributed by atoms with Crippen LogP contribution in [0.1, 0.15) is 11.7 Å². The normalized spacial score (nSPS) is 11.8. The predicted molar refractivity (Wildman–Crippen MR) is 101 cm³/mol. The van der Waals surface area contributed by atoms with Crippen LogP contribution in [-0.4, -0.2) is 20.9 Å². The van der Waals surface area contributed by atoms with Crippen LogP contribution in [0.3, 0.4) is 0 Å². The number of thiazole rings is 1. The molecular weight excluding hydrogens is 346 g/mol. The van der Waals surface area contributed by atoms with Crippen molar-refractivity contribution in [2.24, 2.45) is 0 Å². The lowest BCUT2D eigenvalue weighted by atomic mass is 10.1. The Kier molecular flexibility index (Phi) is 4.17. The van der Waals surface area contributed by atoms with Crippen molar-refractivity contribution >= 4 is 33.4 Å². The summed E-state index contributed by atoms with van der Waals surface area (Å²) in [5.74, 6) is -1.17. The van der Waals surface area contributed by atoms with E-state index in [0.29, 0.717) is 11.0 Å². The van der Waals surface area contributed by atoms with Gasteiger partial charge in [-0.1, -0.05) is 53.8 Å². The number of rotatable bonds is 4. The Morgan fingerprint density at radius 2 is 1.92 bits per heavy atom. The molecule has 4 aromatic rings. The molecule has 2 N–H and O–H groups in total. The van der Waals surface area contributed by atoms with E-state index < -0.39 is 11.8 Å². The van der Waals surface area contributed by atoms with Gasteiger partial charge in [0.25, 0.3) is 5.91 Å². The van der Waals surface area contributed by atoms with Crippen molar-refractivity contribution in [1.29, 1.82) is 5.26 Å². The largest absolute Gasteiger partial charge is 0.340 e. The number of para-hydroxylation sites is 2. The standard InChI is InChI=1S/C19H13N5OS/c20-10-13(17-22-14-8-4-5-9-15(14)23-17)18(25)24-19-21-11-16(26-19)12-6-2-1-3-7-12/h1-9,11,13H,(H,22,23)(H,21,24,25)/t13-/m0/s1. The first kappa shape index (κ1) is 16.0. The second kappa shape index (κ2) is 6.78. The average molecular weight is 359 g/mol. The van der Waals surface area contributed by atoms with Crippen LogP contribution in [0, 0.1) is 11.3 Å². The molecule has 0 fully saturated rings. The highest BCUT2D eigenvalue weighted by atomic mass is 32.1. The zero-order valence-corrected chi connectivity index (χ0v) is 14.3. The molecule has 0 aliphatic rings. The third-order valence-electron chi connectivity index (χ3n) is 3.87. The molecule has 0 aliphatic heterocycles. The number of anilines is 1. The molecule has 0 unspecified atom stereocenters. The Hall–Kier alpha value is -3.50. The number of aromatic nitrogens is 3. The molecule has 126 valence electrons. The van der Waals surface area contributed by atoms with Gasteiger partial charge in [0.15, 0.2) is 11.0 Å². The molecule has 0 spiro atoms. The summed E-state index contributed by atoms with van der Waals surface area (Å²) < 4.78 is 0. The van der Waals surface area contributed by atoms with Crippen LogP contribution in [0.4, 0.5) is 5.13 Å². The van der Waals surface area contributed by atoms with E-state index in [1.54, 1.807) is 6.20 Å². The number of nitriles is 1. The summed E-state index contributed by atoms with van der Waals surface area (Å²) in [5.41, 5.74) is 2.53. The van der Waals surface area contributed by atoms with Crippen LogP contribution in [0.15, 0.2) is 60.8 Å². The molecule has 2 aromatic heterocycles. The van der Waals surface area contributed by atoms with Crippen LogP contribution >= 0.6 is 11.3 Å². The first-order chi connectivity index (χ1) is 12.7. The van der Waals surface area contributed by atoms with E-state index in [0.717, 1.165) is 21.5 Å².